The van der Waals surface area contributed by atoms with Gasteiger partial charge in [-0.3, -0.25) is 9.78 Å². The Kier molecular flexibility index (Phi) is 4.19. The van der Waals surface area contributed by atoms with Gasteiger partial charge in [0.2, 0.25) is 5.91 Å². The zero-order valence-corrected chi connectivity index (χ0v) is 10.6. The van der Waals surface area contributed by atoms with Crippen molar-refractivity contribution in [2.45, 2.75) is 20.0 Å². The molecule has 2 rings (SSSR count). The molecule has 7 nitrogen and oxygen atoms in total. The molecule has 2 aromatic heterocycles. The van der Waals surface area contributed by atoms with Gasteiger partial charge >= 0.3 is 0 Å². The Balaban J connectivity index is 2.33. The maximum atomic E-state index is 10.9. The summed E-state index contributed by atoms with van der Waals surface area (Å²) in [4.78, 5) is 19.2. The first kappa shape index (κ1) is 13.2. The van der Waals surface area contributed by atoms with Gasteiger partial charge in [-0.25, -0.2) is 9.67 Å². The number of hydrogen-bond donors (Lipinski definition) is 1. The van der Waals surface area contributed by atoms with Crippen molar-refractivity contribution in [2.24, 2.45) is 5.73 Å². The van der Waals surface area contributed by atoms with Crippen molar-refractivity contribution in [3.05, 3.63) is 36.2 Å². The molecule has 0 aliphatic heterocycles. The molecule has 0 unspecified atom stereocenters. The summed E-state index contributed by atoms with van der Waals surface area (Å²) in [5.41, 5.74) is 5.92. The van der Waals surface area contributed by atoms with E-state index in [2.05, 4.69) is 15.1 Å². The molecule has 1 amide bonds. The Morgan fingerprint density at radius 1 is 1.53 bits per heavy atom. The molecule has 19 heavy (non-hydrogen) atoms. The van der Waals surface area contributed by atoms with E-state index in [4.69, 9.17) is 10.5 Å². The molecule has 0 spiro atoms. The number of rotatable bonds is 6. The van der Waals surface area contributed by atoms with Crippen LogP contribution in [0.1, 0.15) is 18.6 Å². The average molecular weight is 261 g/mol. The molecule has 2 aromatic rings. The summed E-state index contributed by atoms with van der Waals surface area (Å²) in [5, 5.41) is 4.26. The molecule has 0 aliphatic carbocycles. The minimum Gasteiger partial charge on any atom is -0.374 e. The maximum Gasteiger partial charge on any atom is 0.225 e. The lowest BCUT2D eigenvalue weighted by Gasteiger charge is -2.04. The van der Waals surface area contributed by atoms with E-state index in [1.165, 1.54) is 0 Å². The van der Waals surface area contributed by atoms with E-state index in [0.717, 1.165) is 5.69 Å². The number of pyridine rings is 1. The van der Waals surface area contributed by atoms with E-state index in [0.29, 0.717) is 24.9 Å². The van der Waals surface area contributed by atoms with Crippen LogP contribution in [0.25, 0.3) is 5.69 Å². The molecule has 0 saturated heterocycles. The van der Waals surface area contributed by atoms with E-state index in [-0.39, 0.29) is 6.42 Å². The number of carbonyl (C=O) groups excluding carboxylic acids is 1. The summed E-state index contributed by atoms with van der Waals surface area (Å²) in [6, 6.07) is 3.65. The van der Waals surface area contributed by atoms with Gasteiger partial charge in [-0.15, -0.1) is 0 Å². The quantitative estimate of drug-likeness (QED) is 0.802. The molecule has 0 saturated carbocycles. The van der Waals surface area contributed by atoms with E-state index in [1.807, 2.05) is 13.0 Å². The Labute approximate surface area is 110 Å². The lowest BCUT2D eigenvalue weighted by atomic mass is 10.4. The molecule has 7 heteroatoms. The fourth-order valence-corrected chi connectivity index (χ4v) is 1.60. The van der Waals surface area contributed by atoms with Crippen LogP contribution < -0.4 is 5.73 Å². The minimum atomic E-state index is -0.466. The molecule has 2 N–H and O–H groups in total. The van der Waals surface area contributed by atoms with Gasteiger partial charge in [0.15, 0.2) is 11.6 Å². The van der Waals surface area contributed by atoms with Crippen LogP contribution in [0.15, 0.2) is 24.5 Å². The molecule has 0 radical (unpaired) electrons. The normalized spacial score (nSPS) is 10.6. The highest BCUT2D eigenvalue weighted by atomic mass is 16.5. The number of hydrogen-bond acceptors (Lipinski definition) is 5. The van der Waals surface area contributed by atoms with E-state index < -0.39 is 5.91 Å². The van der Waals surface area contributed by atoms with Gasteiger partial charge in [0.25, 0.3) is 0 Å². The third-order valence-corrected chi connectivity index (χ3v) is 2.38. The van der Waals surface area contributed by atoms with Crippen molar-refractivity contribution < 1.29 is 9.53 Å². The van der Waals surface area contributed by atoms with Crippen molar-refractivity contribution in [3.63, 3.8) is 0 Å². The fourth-order valence-electron chi connectivity index (χ4n) is 1.60. The van der Waals surface area contributed by atoms with Gasteiger partial charge < -0.3 is 10.5 Å². The number of primary amides is 1. The third-order valence-electron chi connectivity index (χ3n) is 2.38. The van der Waals surface area contributed by atoms with E-state index in [1.54, 1.807) is 23.1 Å². The molecular weight excluding hydrogens is 246 g/mol. The van der Waals surface area contributed by atoms with Crippen molar-refractivity contribution >= 4 is 5.91 Å². The Morgan fingerprint density at radius 2 is 2.37 bits per heavy atom. The standard InChI is InChI=1S/C12H15N5O2/c1-2-19-8-12-15-11(6-10(13)18)16-17(12)9-4-3-5-14-7-9/h3-5,7H,2,6,8H2,1H3,(H2,13,18). The molecule has 2 heterocycles. The molecule has 0 bridgehead atoms. The predicted molar refractivity (Wildman–Crippen MR) is 67.4 cm³/mol. The first-order valence-electron chi connectivity index (χ1n) is 5.92. The van der Waals surface area contributed by atoms with Crippen molar-refractivity contribution in [2.75, 3.05) is 6.61 Å². The highest BCUT2D eigenvalue weighted by Gasteiger charge is 2.13. The zero-order chi connectivity index (χ0) is 13.7. The highest BCUT2D eigenvalue weighted by molar-refractivity contribution is 5.75. The molecular formula is C12H15N5O2. The zero-order valence-electron chi connectivity index (χ0n) is 10.6. The van der Waals surface area contributed by atoms with Crippen LogP contribution in [0.4, 0.5) is 0 Å². The van der Waals surface area contributed by atoms with E-state index >= 15 is 0 Å². The topological polar surface area (TPSA) is 95.9 Å². The van der Waals surface area contributed by atoms with Crippen molar-refractivity contribution in [1.29, 1.82) is 0 Å². The lowest BCUT2D eigenvalue weighted by molar-refractivity contribution is -0.117. The van der Waals surface area contributed by atoms with Crippen LogP contribution in [0.5, 0.6) is 0 Å². The largest absolute Gasteiger partial charge is 0.374 e. The SMILES string of the molecule is CCOCc1nc(CC(N)=O)nn1-c1cccnc1. The van der Waals surface area contributed by atoms with Crippen LogP contribution in [0.2, 0.25) is 0 Å². The Hall–Kier alpha value is -2.28. The second-order valence-corrected chi connectivity index (χ2v) is 3.85. The molecule has 100 valence electrons. The smallest absolute Gasteiger partial charge is 0.225 e. The summed E-state index contributed by atoms with van der Waals surface area (Å²) in [7, 11) is 0. The second-order valence-electron chi connectivity index (χ2n) is 3.85. The first-order chi connectivity index (χ1) is 9.20. The summed E-state index contributed by atoms with van der Waals surface area (Å²) in [6.45, 7) is 2.79. The fraction of sp³-hybridized carbons (Fsp3) is 0.333. The van der Waals surface area contributed by atoms with Crippen LogP contribution in [-0.2, 0) is 22.6 Å². The summed E-state index contributed by atoms with van der Waals surface area (Å²) in [6.07, 6.45) is 3.34. The van der Waals surface area contributed by atoms with Crippen LogP contribution in [-0.4, -0.2) is 32.3 Å². The van der Waals surface area contributed by atoms with Crippen LogP contribution in [0, 0.1) is 0 Å². The summed E-state index contributed by atoms with van der Waals surface area (Å²) in [5.74, 6) is 0.531. The number of nitrogens with two attached hydrogens (primary N) is 1. The van der Waals surface area contributed by atoms with Crippen LogP contribution >= 0.6 is 0 Å². The van der Waals surface area contributed by atoms with E-state index in [9.17, 15) is 4.79 Å². The van der Waals surface area contributed by atoms with Gasteiger partial charge in [0.1, 0.15) is 6.61 Å². The summed E-state index contributed by atoms with van der Waals surface area (Å²) < 4.78 is 6.95. The molecule has 0 atom stereocenters. The Bertz CT molecular complexity index is 553. The number of carbonyl (C=O) groups is 1. The molecule has 0 fully saturated rings. The third kappa shape index (κ3) is 3.35. The highest BCUT2D eigenvalue weighted by Crippen LogP contribution is 2.10. The summed E-state index contributed by atoms with van der Waals surface area (Å²) >= 11 is 0. The van der Waals surface area contributed by atoms with Gasteiger partial charge in [0.05, 0.1) is 18.3 Å². The first-order valence-corrected chi connectivity index (χ1v) is 5.92. The molecule has 0 aromatic carbocycles. The monoisotopic (exact) mass is 261 g/mol. The lowest BCUT2D eigenvalue weighted by Crippen LogP contribution is -2.14. The van der Waals surface area contributed by atoms with Gasteiger partial charge in [-0.1, -0.05) is 0 Å². The number of amides is 1. The average Bonchev–Trinajstić information content (AvgIpc) is 2.79. The van der Waals surface area contributed by atoms with Gasteiger partial charge in [-0.2, -0.15) is 5.10 Å². The maximum absolute atomic E-state index is 10.9. The Morgan fingerprint density at radius 3 is 3.00 bits per heavy atom. The van der Waals surface area contributed by atoms with Crippen LogP contribution in [0.3, 0.4) is 0 Å². The molecule has 0 aliphatic rings. The van der Waals surface area contributed by atoms with Crippen molar-refractivity contribution in [3.8, 4) is 5.69 Å². The van der Waals surface area contributed by atoms with Gasteiger partial charge in [-0.05, 0) is 19.1 Å². The van der Waals surface area contributed by atoms with Crippen molar-refractivity contribution in [1.82, 2.24) is 19.7 Å². The minimum absolute atomic E-state index is 0.00634. The number of ether oxygens (including phenoxy) is 1. The number of aromatic nitrogens is 4. The second kappa shape index (κ2) is 6.05. The van der Waals surface area contributed by atoms with Gasteiger partial charge in [0, 0.05) is 12.8 Å². The predicted octanol–water partition coefficient (Wildman–Crippen LogP) is 0.227. The number of nitrogens with zero attached hydrogens (tertiary/aromatic N) is 4.